The normalized spacial score (nSPS) is 29.6. The molecule has 3 heterocycles. The molecule has 4 rings (SSSR count). The van der Waals surface area contributed by atoms with Crippen molar-refractivity contribution in [3.63, 3.8) is 0 Å². The minimum absolute atomic E-state index is 0.143. The molecule has 0 aromatic carbocycles. The van der Waals surface area contributed by atoms with Crippen LogP contribution in [0, 0.1) is 5.92 Å². The van der Waals surface area contributed by atoms with Gasteiger partial charge in [0.1, 0.15) is 0 Å². The Morgan fingerprint density at radius 3 is 2.75 bits per heavy atom. The maximum absolute atomic E-state index is 11.3. The van der Waals surface area contributed by atoms with Crippen molar-refractivity contribution in [2.45, 2.75) is 37.3 Å². The second kappa shape index (κ2) is 6.29. The molecule has 3 fully saturated rings. The Balaban J connectivity index is 1.47. The van der Waals surface area contributed by atoms with Gasteiger partial charge in [-0.2, -0.15) is 0 Å². The molecule has 7 nitrogen and oxygen atoms in total. The highest BCUT2D eigenvalue weighted by atomic mass is 16.5. The molecule has 0 amide bonds. The number of carboxylic acids is 1. The van der Waals surface area contributed by atoms with E-state index in [-0.39, 0.29) is 18.1 Å². The van der Waals surface area contributed by atoms with E-state index in [1.807, 2.05) is 6.07 Å². The Labute approximate surface area is 141 Å². The molecule has 1 N–H and O–H groups in total. The molecule has 0 radical (unpaired) electrons. The third-order valence-corrected chi connectivity index (χ3v) is 5.80. The van der Waals surface area contributed by atoms with Gasteiger partial charge in [-0.25, -0.2) is 9.97 Å². The van der Waals surface area contributed by atoms with E-state index in [0.717, 1.165) is 51.4 Å². The number of ether oxygens (including phenoxy) is 1. The molecular weight excluding hydrogens is 308 g/mol. The molecule has 2 atom stereocenters. The number of anilines is 1. The minimum Gasteiger partial charge on any atom is -0.481 e. The van der Waals surface area contributed by atoms with Crippen molar-refractivity contribution < 1.29 is 14.6 Å². The topological polar surface area (TPSA) is 78.8 Å². The number of hydrogen-bond acceptors (Lipinski definition) is 6. The van der Waals surface area contributed by atoms with Gasteiger partial charge in [-0.3, -0.25) is 9.69 Å². The summed E-state index contributed by atoms with van der Waals surface area (Å²) in [6.07, 6.45) is 7.08. The van der Waals surface area contributed by atoms with Crippen LogP contribution in [0.25, 0.3) is 0 Å². The maximum atomic E-state index is 11.3. The van der Waals surface area contributed by atoms with Gasteiger partial charge in [-0.15, -0.1) is 0 Å². The molecule has 24 heavy (non-hydrogen) atoms. The van der Waals surface area contributed by atoms with Gasteiger partial charge in [0.15, 0.2) is 0 Å². The molecule has 2 saturated heterocycles. The lowest BCUT2D eigenvalue weighted by Crippen LogP contribution is -2.54. The molecule has 3 aliphatic rings. The van der Waals surface area contributed by atoms with Gasteiger partial charge >= 0.3 is 5.97 Å². The zero-order valence-corrected chi connectivity index (χ0v) is 13.8. The van der Waals surface area contributed by atoms with Gasteiger partial charge in [-0.05, 0) is 25.3 Å². The summed E-state index contributed by atoms with van der Waals surface area (Å²) in [5.41, 5.74) is -0.143. The molecule has 1 aromatic rings. The third-order valence-electron chi connectivity index (χ3n) is 5.80. The van der Waals surface area contributed by atoms with Crippen LogP contribution in [0.1, 0.15) is 25.7 Å². The largest absolute Gasteiger partial charge is 0.481 e. The smallest absolute Gasteiger partial charge is 0.305 e. The van der Waals surface area contributed by atoms with E-state index in [0.29, 0.717) is 12.5 Å². The van der Waals surface area contributed by atoms with E-state index < -0.39 is 5.97 Å². The van der Waals surface area contributed by atoms with Crippen LogP contribution in [0.2, 0.25) is 0 Å². The van der Waals surface area contributed by atoms with Crippen LogP contribution in [-0.4, -0.2) is 70.4 Å². The first-order valence-corrected chi connectivity index (χ1v) is 8.77. The van der Waals surface area contributed by atoms with Crippen molar-refractivity contribution in [1.29, 1.82) is 0 Å². The highest BCUT2D eigenvalue weighted by Crippen LogP contribution is 2.44. The quantitative estimate of drug-likeness (QED) is 0.881. The van der Waals surface area contributed by atoms with Crippen LogP contribution in [0.3, 0.4) is 0 Å². The molecular formula is C17H24N4O3. The Hall–Kier alpha value is -1.73. The number of likely N-dealkylation sites (tertiary alicyclic amines) is 1. The van der Waals surface area contributed by atoms with Crippen LogP contribution < -0.4 is 4.90 Å². The predicted molar refractivity (Wildman–Crippen MR) is 87.9 cm³/mol. The van der Waals surface area contributed by atoms with Gasteiger partial charge in [-0.1, -0.05) is 0 Å². The van der Waals surface area contributed by atoms with Crippen molar-refractivity contribution in [3.05, 3.63) is 18.5 Å². The van der Waals surface area contributed by atoms with Crippen molar-refractivity contribution in [3.8, 4) is 0 Å². The van der Waals surface area contributed by atoms with Crippen LogP contribution >= 0.6 is 0 Å². The molecule has 0 bridgehead atoms. The van der Waals surface area contributed by atoms with E-state index in [1.165, 1.54) is 0 Å². The van der Waals surface area contributed by atoms with Crippen molar-refractivity contribution >= 4 is 11.9 Å². The highest BCUT2D eigenvalue weighted by Gasteiger charge is 2.50. The standard InChI is InChI=1S/C17H24N4O3/c22-15(23)9-17(3-1-4-17)21-11-13-10-20(7-8-24-14(13)12-21)16-18-5-2-6-19-16/h2,5-6,13-14H,1,3-4,7-12H2,(H,22,23)/t13-,14+/m0/s1. The summed E-state index contributed by atoms with van der Waals surface area (Å²) in [6, 6.07) is 1.82. The van der Waals surface area contributed by atoms with Gasteiger partial charge in [0, 0.05) is 50.0 Å². The number of aliphatic carboxylic acids is 1. The first-order valence-electron chi connectivity index (χ1n) is 8.77. The SMILES string of the molecule is O=C(O)CC1(N2C[C@@H]3CN(c4ncccn4)CCO[C@@H]3C2)CCC1. The number of aromatic nitrogens is 2. The predicted octanol–water partition coefficient (Wildman–Crippen LogP) is 1.01. The van der Waals surface area contributed by atoms with E-state index in [4.69, 9.17) is 4.74 Å². The van der Waals surface area contributed by atoms with Crippen LogP contribution in [0.4, 0.5) is 5.95 Å². The second-order valence-electron chi connectivity index (χ2n) is 7.22. The molecule has 7 heteroatoms. The Kier molecular flexibility index (Phi) is 4.14. The number of hydrogen-bond donors (Lipinski definition) is 1. The molecule has 130 valence electrons. The zero-order chi connectivity index (χ0) is 16.6. The van der Waals surface area contributed by atoms with Crippen LogP contribution in [-0.2, 0) is 9.53 Å². The Morgan fingerprint density at radius 1 is 1.29 bits per heavy atom. The van der Waals surface area contributed by atoms with Crippen LogP contribution in [0.15, 0.2) is 18.5 Å². The lowest BCUT2D eigenvalue weighted by Gasteiger charge is -2.48. The van der Waals surface area contributed by atoms with Gasteiger partial charge in [0.2, 0.25) is 5.95 Å². The Morgan fingerprint density at radius 2 is 2.08 bits per heavy atom. The highest BCUT2D eigenvalue weighted by molar-refractivity contribution is 5.68. The molecule has 0 spiro atoms. The molecule has 1 aromatic heterocycles. The number of carboxylic acid groups (broad SMARTS) is 1. The van der Waals surface area contributed by atoms with Gasteiger partial charge in [0.25, 0.3) is 0 Å². The molecule has 1 saturated carbocycles. The van der Waals surface area contributed by atoms with Gasteiger partial charge < -0.3 is 14.7 Å². The summed E-state index contributed by atoms with van der Waals surface area (Å²) < 4.78 is 6.09. The maximum Gasteiger partial charge on any atom is 0.305 e. The first-order chi connectivity index (χ1) is 11.7. The molecule has 0 unspecified atom stereocenters. The average molecular weight is 332 g/mol. The fraction of sp³-hybridized carbons (Fsp3) is 0.706. The summed E-state index contributed by atoms with van der Waals surface area (Å²) in [6.45, 7) is 4.09. The fourth-order valence-electron chi connectivity index (χ4n) is 4.39. The number of rotatable bonds is 4. The third kappa shape index (κ3) is 2.86. The number of carbonyl (C=O) groups is 1. The summed E-state index contributed by atoms with van der Waals surface area (Å²) >= 11 is 0. The first kappa shape index (κ1) is 15.8. The lowest BCUT2D eigenvalue weighted by atomic mass is 9.73. The van der Waals surface area contributed by atoms with E-state index in [1.54, 1.807) is 12.4 Å². The van der Waals surface area contributed by atoms with Crippen molar-refractivity contribution in [2.24, 2.45) is 5.92 Å². The summed E-state index contributed by atoms with van der Waals surface area (Å²) in [5, 5.41) is 9.29. The lowest BCUT2D eigenvalue weighted by molar-refractivity contribution is -0.142. The van der Waals surface area contributed by atoms with Crippen LogP contribution in [0.5, 0.6) is 0 Å². The van der Waals surface area contributed by atoms with E-state index >= 15 is 0 Å². The monoisotopic (exact) mass is 332 g/mol. The summed E-state index contributed by atoms with van der Waals surface area (Å²) in [7, 11) is 0. The zero-order valence-electron chi connectivity index (χ0n) is 13.8. The van der Waals surface area contributed by atoms with E-state index in [9.17, 15) is 9.90 Å². The van der Waals surface area contributed by atoms with E-state index in [2.05, 4.69) is 19.8 Å². The summed E-state index contributed by atoms with van der Waals surface area (Å²) in [5.74, 6) is 0.439. The average Bonchev–Trinajstić information content (AvgIpc) is 2.83. The van der Waals surface area contributed by atoms with Crippen molar-refractivity contribution in [1.82, 2.24) is 14.9 Å². The number of nitrogens with zero attached hydrogens (tertiary/aromatic N) is 4. The minimum atomic E-state index is -0.693. The second-order valence-corrected chi connectivity index (χ2v) is 7.22. The van der Waals surface area contributed by atoms with Crippen molar-refractivity contribution in [2.75, 3.05) is 37.7 Å². The molecule has 1 aliphatic carbocycles. The Bertz CT molecular complexity index is 593. The summed E-state index contributed by atoms with van der Waals surface area (Å²) in [4.78, 5) is 24.6. The fourth-order valence-corrected chi connectivity index (χ4v) is 4.39. The van der Waals surface area contributed by atoms with Gasteiger partial charge in [0.05, 0.1) is 19.1 Å². The molecule has 2 aliphatic heterocycles. The number of fused-ring (bicyclic) bond motifs is 1.